The van der Waals surface area contributed by atoms with Crippen LogP contribution in [0.5, 0.6) is 11.5 Å². The van der Waals surface area contributed by atoms with Gasteiger partial charge in [0.1, 0.15) is 40.5 Å². The van der Waals surface area contributed by atoms with Crippen molar-refractivity contribution in [3.05, 3.63) is 98.2 Å². The number of aromatic nitrogens is 5. The summed E-state index contributed by atoms with van der Waals surface area (Å²) in [6, 6.07) is 17.1. The van der Waals surface area contributed by atoms with Gasteiger partial charge in [-0.2, -0.15) is 9.29 Å². The largest absolute Gasteiger partial charge is 0.494 e. The van der Waals surface area contributed by atoms with Crippen molar-refractivity contribution in [1.82, 2.24) is 34.2 Å². The highest BCUT2D eigenvalue weighted by Gasteiger charge is 2.26. The summed E-state index contributed by atoms with van der Waals surface area (Å²) in [7, 11) is 2.96. The van der Waals surface area contributed by atoms with Crippen LogP contribution in [0.15, 0.2) is 70.0 Å². The number of methoxy groups -OCH3 is 1. The molecule has 1 saturated heterocycles. The topological polar surface area (TPSA) is 196 Å². The van der Waals surface area contributed by atoms with Crippen LogP contribution >= 0.6 is 27.5 Å². The van der Waals surface area contributed by atoms with E-state index in [4.69, 9.17) is 40.3 Å². The summed E-state index contributed by atoms with van der Waals surface area (Å²) < 4.78 is 74.0. The zero-order valence-electron chi connectivity index (χ0n) is 39.1. The number of anilines is 2. The number of carboxylic acids is 1. The normalized spacial score (nSPS) is 14.0. The number of aryl methyl sites for hydroxylation is 2. The summed E-state index contributed by atoms with van der Waals surface area (Å²) in [5.74, 6) is -0.153. The molecule has 22 heteroatoms. The van der Waals surface area contributed by atoms with Crippen LogP contribution in [0.2, 0.25) is 5.02 Å². The lowest BCUT2D eigenvalue weighted by Crippen LogP contribution is -2.45. The third-order valence-corrected chi connectivity index (χ3v) is 14.9. The Labute approximate surface area is 413 Å². The average molecular weight is 1060 g/mol. The molecule has 1 aliphatic rings. The number of carboxylic acid groups (broad SMARTS) is 1. The highest BCUT2D eigenvalue weighted by molar-refractivity contribution is 9.10. The van der Waals surface area contributed by atoms with Crippen LogP contribution in [0.25, 0.3) is 21.9 Å². The minimum Gasteiger partial charge on any atom is -0.494 e. The van der Waals surface area contributed by atoms with E-state index in [1.807, 2.05) is 31.2 Å². The molecule has 7 rings (SSSR count). The molecule has 1 atom stereocenters. The standard InChI is InChI=1S/C47H56BrClFN9O9S/c1-30-6-7-31(36(28-41(60)61)32-25-39-45(40(26-32)64-5)58(4)55-54-39)24-33(30)29-57(3)69(62,63)35-10-8-34(9-11-35)68-23-22-67-21-20-66-19-18-65-17-12-51-47-52-44-37(27-38(49)42(48)43(44)50)46(53-47)59-15-13-56(2)14-16-59/h6-11,24-27,36H,12-23,28-29H2,1-5H3,(H,60,61)(H,51,52,53). The van der Waals surface area contributed by atoms with Gasteiger partial charge in [0.2, 0.25) is 16.0 Å². The molecule has 18 nitrogen and oxygen atoms in total. The Balaban J connectivity index is 0.808. The van der Waals surface area contributed by atoms with Crippen molar-refractivity contribution in [3.63, 3.8) is 0 Å². The predicted molar refractivity (Wildman–Crippen MR) is 264 cm³/mol. The molecule has 1 aliphatic heterocycles. The molecular weight excluding hydrogens is 1000 g/mol. The quantitative estimate of drug-likeness (QED) is 0.0492. The van der Waals surface area contributed by atoms with Crippen molar-refractivity contribution >= 4 is 77.2 Å². The molecule has 0 radical (unpaired) electrons. The number of ether oxygens (including phenoxy) is 5. The molecule has 0 spiro atoms. The summed E-state index contributed by atoms with van der Waals surface area (Å²) in [4.78, 5) is 25.7. The fraction of sp³-hybridized carbons (Fsp3) is 0.426. The highest BCUT2D eigenvalue weighted by atomic mass is 79.9. The van der Waals surface area contributed by atoms with E-state index in [2.05, 4.69) is 53.4 Å². The summed E-state index contributed by atoms with van der Waals surface area (Å²) >= 11 is 9.53. The molecule has 2 aromatic heterocycles. The van der Waals surface area contributed by atoms with Gasteiger partial charge in [-0.3, -0.25) is 4.79 Å². The summed E-state index contributed by atoms with van der Waals surface area (Å²) in [6.07, 6.45) is -0.204. The molecule has 0 bridgehead atoms. The number of aliphatic carboxylic acids is 1. The molecule has 0 saturated carbocycles. The first-order valence-electron chi connectivity index (χ1n) is 22.3. The lowest BCUT2D eigenvalue weighted by molar-refractivity contribution is -0.137. The molecular formula is C47H56BrClFN9O9S. The van der Waals surface area contributed by atoms with Crippen molar-refractivity contribution in [2.75, 3.05) is 110 Å². The summed E-state index contributed by atoms with van der Waals surface area (Å²) in [5, 5.41) is 22.2. The fourth-order valence-corrected chi connectivity index (χ4v) is 9.56. The molecule has 4 aromatic carbocycles. The number of benzene rings is 4. The molecule has 2 N–H and O–H groups in total. The van der Waals surface area contributed by atoms with E-state index >= 15 is 4.39 Å². The molecule has 69 heavy (non-hydrogen) atoms. The first-order chi connectivity index (χ1) is 33.1. The molecule has 370 valence electrons. The number of hydrogen-bond acceptors (Lipinski definition) is 15. The second-order valence-electron chi connectivity index (χ2n) is 16.5. The first-order valence-corrected chi connectivity index (χ1v) is 24.9. The monoisotopic (exact) mass is 1060 g/mol. The van der Waals surface area contributed by atoms with Gasteiger partial charge in [0.15, 0.2) is 5.82 Å². The van der Waals surface area contributed by atoms with E-state index in [-0.39, 0.29) is 39.5 Å². The molecule has 3 heterocycles. The molecule has 1 unspecified atom stereocenters. The Kier molecular flexibility index (Phi) is 17.6. The third kappa shape index (κ3) is 12.7. The number of piperazine rings is 1. The Morgan fingerprint density at radius 3 is 2.29 bits per heavy atom. The van der Waals surface area contributed by atoms with E-state index in [0.717, 1.165) is 37.3 Å². The predicted octanol–water partition coefficient (Wildman–Crippen LogP) is 6.50. The van der Waals surface area contributed by atoms with E-state index in [0.29, 0.717) is 97.0 Å². The van der Waals surface area contributed by atoms with Gasteiger partial charge in [-0.15, -0.1) is 5.10 Å². The number of sulfonamides is 1. The Morgan fingerprint density at radius 2 is 1.61 bits per heavy atom. The fourth-order valence-electron chi connectivity index (χ4n) is 7.92. The van der Waals surface area contributed by atoms with Crippen molar-refractivity contribution in [2.24, 2.45) is 7.05 Å². The van der Waals surface area contributed by atoms with Gasteiger partial charge in [0.25, 0.3) is 0 Å². The van der Waals surface area contributed by atoms with E-state index in [9.17, 15) is 18.3 Å². The smallest absolute Gasteiger partial charge is 0.304 e. The number of nitrogens with one attached hydrogen (secondary N) is 1. The van der Waals surface area contributed by atoms with Crippen molar-refractivity contribution in [2.45, 2.75) is 30.7 Å². The molecule has 0 aliphatic carbocycles. The SMILES string of the molecule is COc1cc(C(CC(=O)O)c2ccc(C)c(CN(C)S(=O)(=O)c3ccc(OCCOCCOCCOCCNc4nc(N5CCN(C)CC5)c5cc(Cl)c(Br)c(F)c5n4)cc3)c2)cc2nnn(C)c12. The first kappa shape index (κ1) is 51.6. The molecule has 1 fully saturated rings. The van der Waals surface area contributed by atoms with Gasteiger partial charge in [-0.1, -0.05) is 35.0 Å². The van der Waals surface area contributed by atoms with Crippen molar-refractivity contribution < 1.29 is 46.4 Å². The zero-order chi connectivity index (χ0) is 49.2. The van der Waals surface area contributed by atoms with Gasteiger partial charge in [0.05, 0.1) is 67.6 Å². The highest BCUT2D eigenvalue weighted by Crippen LogP contribution is 2.37. The third-order valence-electron chi connectivity index (χ3n) is 11.8. The minimum atomic E-state index is -3.91. The second kappa shape index (κ2) is 23.6. The van der Waals surface area contributed by atoms with Gasteiger partial charge in [-0.05, 0) is 94.6 Å². The number of fused-ring (bicyclic) bond motifs is 2. The number of rotatable bonds is 24. The van der Waals surface area contributed by atoms with Crippen LogP contribution in [0, 0.1) is 12.7 Å². The number of nitrogens with zero attached hydrogens (tertiary/aromatic N) is 8. The van der Waals surface area contributed by atoms with Crippen molar-refractivity contribution in [1.29, 1.82) is 0 Å². The number of hydrogen-bond donors (Lipinski definition) is 2. The Hall–Kier alpha value is -5.26. The maximum absolute atomic E-state index is 15.3. The van der Waals surface area contributed by atoms with Crippen LogP contribution in [-0.2, 0) is 42.6 Å². The lowest BCUT2D eigenvalue weighted by Gasteiger charge is -2.34. The van der Waals surface area contributed by atoms with Gasteiger partial charge < -0.3 is 43.9 Å². The van der Waals surface area contributed by atoms with Crippen molar-refractivity contribution in [3.8, 4) is 11.5 Å². The van der Waals surface area contributed by atoms with E-state index in [1.165, 1.54) is 30.6 Å². The average Bonchev–Trinajstić information content (AvgIpc) is 3.72. The molecule has 6 aromatic rings. The second-order valence-corrected chi connectivity index (χ2v) is 19.8. The maximum atomic E-state index is 15.3. The minimum absolute atomic E-state index is 0.0544. The van der Waals surface area contributed by atoms with Crippen LogP contribution in [0.1, 0.15) is 34.6 Å². The van der Waals surface area contributed by atoms with Crippen LogP contribution in [-0.4, -0.2) is 154 Å². The van der Waals surface area contributed by atoms with Gasteiger partial charge >= 0.3 is 5.97 Å². The lowest BCUT2D eigenvalue weighted by atomic mass is 9.86. The van der Waals surface area contributed by atoms with Crippen LogP contribution < -0.4 is 19.7 Å². The zero-order valence-corrected chi connectivity index (χ0v) is 42.2. The van der Waals surface area contributed by atoms with Gasteiger partial charge in [0, 0.05) is 64.7 Å². The number of likely N-dealkylation sites (N-methyl/N-ethyl adjacent to an activating group) is 1. The van der Waals surface area contributed by atoms with E-state index < -0.39 is 27.7 Å². The van der Waals surface area contributed by atoms with Crippen LogP contribution in [0.3, 0.4) is 0 Å². The summed E-state index contributed by atoms with van der Waals surface area (Å²) in [6.45, 7) is 7.87. The number of carbonyl (C=O) groups is 1. The Morgan fingerprint density at radius 1 is 0.928 bits per heavy atom. The maximum Gasteiger partial charge on any atom is 0.304 e. The summed E-state index contributed by atoms with van der Waals surface area (Å²) in [5.41, 5.74) is 4.43. The van der Waals surface area contributed by atoms with Crippen LogP contribution in [0.4, 0.5) is 16.2 Å². The number of halogens is 3. The Bertz CT molecular complexity index is 2860. The van der Waals surface area contributed by atoms with Gasteiger partial charge in [-0.25, -0.2) is 22.5 Å². The van der Waals surface area contributed by atoms with E-state index in [1.54, 1.807) is 36.0 Å². The molecule has 0 amide bonds.